The van der Waals surface area contributed by atoms with Crippen molar-refractivity contribution >= 4 is 39.8 Å². The largest absolute Gasteiger partial charge is 0.314 e. The number of amides is 1. The summed E-state index contributed by atoms with van der Waals surface area (Å²) < 4.78 is 1.27. The van der Waals surface area contributed by atoms with Gasteiger partial charge in [-0.3, -0.25) is 19.0 Å². The summed E-state index contributed by atoms with van der Waals surface area (Å²) in [6, 6.07) is 2.98. The molecule has 0 atom stereocenters. The molecular formula is C11H8ClN3O3. The molecule has 2 aromatic rings. The van der Waals surface area contributed by atoms with Gasteiger partial charge in [0.15, 0.2) is 0 Å². The van der Waals surface area contributed by atoms with Crippen LogP contribution in [0.4, 0.5) is 11.4 Å². The average Bonchev–Trinajstić information content (AvgIpc) is 2.63. The van der Waals surface area contributed by atoms with E-state index in [1.807, 2.05) is 0 Å². The fraction of sp³-hybridized carbons (Fsp3) is 0.182. The van der Waals surface area contributed by atoms with Gasteiger partial charge in [-0.2, -0.15) is 0 Å². The number of likely N-dealkylation sites (N-methyl/N-ethyl adjacent to an activating group) is 1. The Labute approximate surface area is 107 Å². The van der Waals surface area contributed by atoms with Gasteiger partial charge in [0, 0.05) is 36.5 Å². The fourth-order valence-corrected chi connectivity index (χ4v) is 2.57. The summed E-state index contributed by atoms with van der Waals surface area (Å²) in [5, 5.41) is 12.1. The number of carbonyl (C=O) groups is 1. The molecule has 3 rings (SSSR count). The smallest absolute Gasteiger partial charge is 0.278 e. The first-order valence-electron chi connectivity index (χ1n) is 5.24. The van der Waals surface area contributed by atoms with Crippen molar-refractivity contribution in [3.8, 4) is 0 Å². The first-order chi connectivity index (χ1) is 8.50. The minimum Gasteiger partial charge on any atom is -0.314 e. The third kappa shape index (κ3) is 1.26. The highest BCUT2D eigenvalue weighted by atomic mass is 35.5. The molecule has 2 heterocycles. The van der Waals surface area contributed by atoms with Gasteiger partial charge in [0.05, 0.1) is 28.1 Å². The lowest BCUT2D eigenvalue weighted by Gasteiger charge is -2.23. The number of hydrogen-bond donors (Lipinski definition) is 0. The molecular weight excluding hydrogens is 258 g/mol. The molecule has 1 amide bonds. The van der Waals surface area contributed by atoms with Crippen molar-refractivity contribution in [3.63, 3.8) is 0 Å². The minimum absolute atomic E-state index is 0.00264. The van der Waals surface area contributed by atoms with E-state index in [9.17, 15) is 14.9 Å². The maximum absolute atomic E-state index is 11.8. The summed E-state index contributed by atoms with van der Waals surface area (Å²) in [5.74, 6) is -0.0850. The van der Waals surface area contributed by atoms with E-state index in [0.29, 0.717) is 22.2 Å². The second-order valence-electron chi connectivity index (χ2n) is 4.17. The van der Waals surface area contributed by atoms with Gasteiger partial charge >= 0.3 is 0 Å². The van der Waals surface area contributed by atoms with Crippen molar-refractivity contribution in [2.75, 3.05) is 11.9 Å². The number of non-ortho nitro benzene ring substituents is 1. The molecule has 0 bridgehead atoms. The fourth-order valence-electron chi connectivity index (χ4n) is 2.33. The van der Waals surface area contributed by atoms with E-state index in [1.165, 1.54) is 21.2 Å². The van der Waals surface area contributed by atoms with Gasteiger partial charge in [0.25, 0.3) is 5.69 Å². The predicted octanol–water partition coefficient (Wildman–Crippen LogP) is 2.07. The molecule has 18 heavy (non-hydrogen) atoms. The van der Waals surface area contributed by atoms with Crippen LogP contribution in [-0.4, -0.2) is 22.0 Å². The number of aromatic nitrogens is 1. The SMILES string of the molecule is CN1C(=O)Cc2c3c1ccc([N+](=O)[O-])c3cn2Cl. The van der Waals surface area contributed by atoms with Crippen LogP contribution in [0, 0.1) is 10.1 Å². The number of nitro groups is 1. The van der Waals surface area contributed by atoms with Crippen LogP contribution in [0.2, 0.25) is 0 Å². The van der Waals surface area contributed by atoms with E-state index >= 15 is 0 Å². The zero-order valence-corrected chi connectivity index (χ0v) is 10.1. The van der Waals surface area contributed by atoms with E-state index in [0.717, 1.165) is 0 Å². The lowest BCUT2D eigenvalue weighted by molar-refractivity contribution is -0.383. The Kier molecular flexibility index (Phi) is 2.12. The highest BCUT2D eigenvalue weighted by molar-refractivity contribution is 6.21. The van der Waals surface area contributed by atoms with Crippen molar-refractivity contribution in [2.45, 2.75) is 6.42 Å². The molecule has 0 aliphatic carbocycles. The topological polar surface area (TPSA) is 68.4 Å². The van der Waals surface area contributed by atoms with Gasteiger partial charge in [-0.15, -0.1) is 0 Å². The summed E-state index contributed by atoms with van der Waals surface area (Å²) in [6.45, 7) is 0. The first kappa shape index (κ1) is 11.0. The molecule has 0 radical (unpaired) electrons. The molecule has 0 saturated carbocycles. The Hall–Kier alpha value is -2.08. The van der Waals surface area contributed by atoms with Gasteiger partial charge in [-0.1, -0.05) is 0 Å². The number of nitrogens with zero attached hydrogens (tertiary/aromatic N) is 3. The Morgan fingerprint density at radius 3 is 2.83 bits per heavy atom. The molecule has 0 fully saturated rings. The number of benzene rings is 1. The molecule has 0 saturated heterocycles. The van der Waals surface area contributed by atoms with Gasteiger partial charge in [0.2, 0.25) is 5.91 Å². The van der Waals surface area contributed by atoms with Gasteiger partial charge in [-0.25, -0.2) is 0 Å². The number of rotatable bonds is 1. The van der Waals surface area contributed by atoms with Crippen molar-refractivity contribution < 1.29 is 9.72 Å². The number of anilines is 1. The molecule has 0 spiro atoms. The molecule has 0 unspecified atom stereocenters. The third-order valence-corrected chi connectivity index (χ3v) is 3.54. The zero-order valence-electron chi connectivity index (χ0n) is 9.38. The molecule has 92 valence electrons. The number of halogens is 1. The van der Waals surface area contributed by atoms with E-state index in [-0.39, 0.29) is 18.0 Å². The van der Waals surface area contributed by atoms with Crippen LogP contribution in [0.5, 0.6) is 0 Å². The first-order valence-corrected chi connectivity index (χ1v) is 5.58. The summed E-state index contributed by atoms with van der Waals surface area (Å²) in [7, 11) is 1.65. The maximum Gasteiger partial charge on any atom is 0.278 e. The van der Waals surface area contributed by atoms with E-state index in [2.05, 4.69) is 0 Å². The van der Waals surface area contributed by atoms with Crippen LogP contribution < -0.4 is 4.90 Å². The predicted molar refractivity (Wildman–Crippen MR) is 67.0 cm³/mol. The third-order valence-electron chi connectivity index (χ3n) is 3.24. The van der Waals surface area contributed by atoms with Gasteiger partial charge in [0.1, 0.15) is 0 Å². The van der Waals surface area contributed by atoms with Crippen LogP contribution in [0.25, 0.3) is 10.8 Å². The van der Waals surface area contributed by atoms with Crippen LogP contribution in [0.1, 0.15) is 5.69 Å². The minimum atomic E-state index is -0.448. The highest BCUT2D eigenvalue weighted by Gasteiger charge is 2.29. The van der Waals surface area contributed by atoms with Crippen molar-refractivity contribution in [1.29, 1.82) is 0 Å². The van der Waals surface area contributed by atoms with Crippen molar-refractivity contribution in [3.05, 3.63) is 34.1 Å². The quantitative estimate of drug-likeness (QED) is 0.585. The molecule has 1 aliphatic rings. The van der Waals surface area contributed by atoms with E-state index < -0.39 is 4.92 Å². The van der Waals surface area contributed by atoms with Gasteiger partial charge in [-0.05, 0) is 6.07 Å². The summed E-state index contributed by atoms with van der Waals surface area (Å²) in [5.41, 5.74) is 1.26. The van der Waals surface area contributed by atoms with E-state index in [4.69, 9.17) is 11.8 Å². The molecule has 1 aliphatic heterocycles. The van der Waals surface area contributed by atoms with Crippen molar-refractivity contribution in [1.82, 2.24) is 4.09 Å². The van der Waals surface area contributed by atoms with Gasteiger partial charge < -0.3 is 4.90 Å². The standard InChI is InChI=1S/C11H8ClN3O3/c1-13-8-3-2-7(15(17)18)6-5-14(12)9(11(6)8)4-10(13)16/h2-3,5H,4H2,1H3. The van der Waals surface area contributed by atoms with Crippen LogP contribution >= 0.6 is 11.8 Å². The summed E-state index contributed by atoms with van der Waals surface area (Å²) in [6.07, 6.45) is 1.64. The van der Waals surface area contributed by atoms with Crippen molar-refractivity contribution in [2.24, 2.45) is 0 Å². The number of hydrogen-bond acceptors (Lipinski definition) is 3. The molecule has 1 aromatic carbocycles. The Morgan fingerprint density at radius 2 is 2.17 bits per heavy atom. The highest BCUT2D eigenvalue weighted by Crippen LogP contribution is 2.40. The lowest BCUT2D eigenvalue weighted by Crippen LogP contribution is -2.31. The van der Waals surface area contributed by atoms with Crippen LogP contribution in [0.3, 0.4) is 0 Å². The Bertz CT molecular complexity index is 707. The Morgan fingerprint density at radius 1 is 1.44 bits per heavy atom. The lowest BCUT2D eigenvalue weighted by atomic mass is 10.0. The molecule has 6 nitrogen and oxygen atoms in total. The summed E-state index contributed by atoms with van der Waals surface area (Å²) in [4.78, 5) is 23.8. The maximum atomic E-state index is 11.8. The molecule has 7 heteroatoms. The number of carbonyl (C=O) groups excluding carboxylic acids is 1. The average molecular weight is 266 g/mol. The summed E-state index contributed by atoms with van der Waals surface area (Å²) >= 11 is 5.99. The monoisotopic (exact) mass is 265 g/mol. The second kappa shape index (κ2) is 3.46. The second-order valence-corrected chi connectivity index (χ2v) is 4.53. The number of nitro benzene ring substituents is 1. The Balaban J connectivity index is 2.45. The van der Waals surface area contributed by atoms with E-state index in [1.54, 1.807) is 13.1 Å². The normalized spacial score (nSPS) is 14.3. The zero-order chi connectivity index (χ0) is 13.0. The van der Waals surface area contributed by atoms with Crippen LogP contribution in [-0.2, 0) is 11.2 Å². The molecule has 0 N–H and O–H groups in total. The molecule has 1 aromatic heterocycles. The van der Waals surface area contributed by atoms with Crippen LogP contribution in [0.15, 0.2) is 18.3 Å².